The lowest BCUT2D eigenvalue weighted by Crippen LogP contribution is -2.23. The molecule has 4 N–H and O–H groups in total. The minimum Gasteiger partial charge on any atom is -0.870 e. The van der Waals surface area contributed by atoms with Crippen molar-refractivity contribution >= 4 is 23.2 Å². The Kier molecular flexibility index (Phi) is 3.96. The van der Waals surface area contributed by atoms with Crippen LogP contribution in [0.2, 0.25) is 5.15 Å². The normalized spacial score (nSPS) is 8.69. The maximum atomic E-state index is 10.7. The zero-order valence-corrected chi connectivity index (χ0v) is 7.08. The fourth-order valence-electron chi connectivity index (χ4n) is 0.724. The van der Waals surface area contributed by atoms with Gasteiger partial charge in [-0.15, -0.1) is 4.91 Å². The van der Waals surface area contributed by atoms with Crippen LogP contribution in [0.1, 0.15) is 10.5 Å². The number of nitrogens with zero attached hydrogens (tertiary/aromatic N) is 1. The number of carbonyl (C=O) groups excluding carboxylic acids is 1. The quantitative estimate of drug-likeness (QED) is 0.556. The van der Waals surface area contributed by atoms with E-state index in [1.807, 2.05) is 0 Å². The minimum atomic E-state index is -0.771. The van der Waals surface area contributed by atoms with E-state index in [4.69, 9.17) is 17.3 Å². The molecule has 0 aromatic carbocycles. The second kappa shape index (κ2) is 4.48. The maximum Gasteiger partial charge on any atom is 0.316 e. The van der Waals surface area contributed by atoms with Crippen LogP contribution >= 0.6 is 11.6 Å². The molecule has 0 saturated carbocycles. The van der Waals surface area contributed by atoms with Crippen LogP contribution in [0.15, 0.2) is 17.3 Å². The van der Waals surface area contributed by atoms with Gasteiger partial charge in [-0.05, 0) is 22.8 Å². The van der Waals surface area contributed by atoms with Crippen molar-refractivity contribution in [3.8, 4) is 0 Å². The van der Waals surface area contributed by atoms with Gasteiger partial charge < -0.3 is 11.2 Å². The number of rotatable bonds is 2. The number of nitrogens with two attached hydrogens (primary N) is 1. The van der Waals surface area contributed by atoms with Crippen LogP contribution in [-0.4, -0.2) is 11.4 Å². The summed E-state index contributed by atoms with van der Waals surface area (Å²) in [5.74, 6) is -0.771. The van der Waals surface area contributed by atoms with Gasteiger partial charge in [0.2, 0.25) is 0 Å². The van der Waals surface area contributed by atoms with Gasteiger partial charge in [-0.25, -0.2) is 0 Å². The zero-order chi connectivity index (χ0) is 9.14. The summed E-state index contributed by atoms with van der Waals surface area (Å²) >= 11 is 5.51. The van der Waals surface area contributed by atoms with Crippen LogP contribution in [0.3, 0.4) is 0 Å². The molecule has 1 amide bonds. The molecule has 0 aliphatic rings. The summed E-state index contributed by atoms with van der Waals surface area (Å²) in [4.78, 5) is 23.2. The van der Waals surface area contributed by atoms with Gasteiger partial charge in [-0.3, -0.25) is 4.79 Å². The first-order valence-corrected chi connectivity index (χ1v) is 3.38. The van der Waals surface area contributed by atoms with Crippen LogP contribution in [0.25, 0.3) is 0 Å². The van der Waals surface area contributed by atoms with Gasteiger partial charge in [0, 0.05) is 6.07 Å². The van der Waals surface area contributed by atoms with E-state index in [0.717, 1.165) is 0 Å². The van der Waals surface area contributed by atoms with Crippen molar-refractivity contribution in [1.29, 1.82) is 0 Å². The number of primary amides is 1. The third-order valence-electron chi connectivity index (χ3n) is 1.23. The smallest absolute Gasteiger partial charge is 0.316 e. The number of amides is 1. The Morgan fingerprint density at radius 3 is 2.62 bits per heavy atom. The molecule has 0 radical (unpaired) electrons. The van der Waals surface area contributed by atoms with Gasteiger partial charge >= 0.3 is 5.91 Å². The molecule has 13 heavy (non-hydrogen) atoms. The fourth-order valence-corrected chi connectivity index (χ4v) is 0.882. The summed E-state index contributed by atoms with van der Waals surface area (Å²) in [7, 11) is 0. The van der Waals surface area contributed by atoms with Gasteiger partial charge in [-0.1, -0.05) is 0 Å². The standard InChI is InChI=1S/C6H4ClN3O2.H2O/c7-4-2-1-3(10-12)5(9-4)6(8)11;/h1-2H,(H2,8,11);1H2. The lowest BCUT2D eigenvalue weighted by atomic mass is 10.3. The molecule has 0 atom stereocenters. The topological polar surface area (TPSA) is 117 Å². The van der Waals surface area contributed by atoms with Crippen LogP contribution in [0.5, 0.6) is 0 Å². The number of halogens is 1. The number of hydrogen-bond acceptors (Lipinski definition) is 4. The Morgan fingerprint density at radius 2 is 2.15 bits per heavy atom. The van der Waals surface area contributed by atoms with Crippen LogP contribution in [0, 0.1) is 4.91 Å². The zero-order valence-electron chi connectivity index (χ0n) is 6.32. The lowest BCUT2D eigenvalue weighted by molar-refractivity contribution is -0.378. The SMILES string of the molecule is NC(=O)c1[nH+]c(Cl)ccc1N=O.[OH-]. The summed E-state index contributed by atoms with van der Waals surface area (Å²) in [5.41, 5.74) is 4.80. The molecule has 1 rings (SSSR count). The summed E-state index contributed by atoms with van der Waals surface area (Å²) in [6.45, 7) is 0. The van der Waals surface area contributed by atoms with Crippen molar-refractivity contribution in [2.75, 3.05) is 0 Å². The maximum absolute atomic E-state index is 10.7. The van der Waals surface area contributed by atoms with E-state index in [-0.39, 0.29) is 22.0 Å². The first kappa shape index (κ1) is 11.5. The molecule has 0 spiro atoms. The summed E-state index contributed by atoms with van der Waals surface area (Å²) in [6, 6.07) is 2.72. The van der Waals surface area contributed by atoms with E-state index in [1.54, 1.807) is 0 Å². The summed E-state index contributed by atoms with van der Waals surface area (Å²) in [5, 5.41) is 2.81. The summed E-state index contributed by atoms with van der Waals surface area (Å²) < 4.78 is 0. The number of pyridine rings is 1. The predicted octanol–water partition coefficient (Wildman–Crippen LogP) is 0.474. The van der Waals surface area contributed by atoms with E-state index in [2.05, 4.69) is 10.2 Å². The Labute approximate surface area is 78.0 Å². The first-order valence-electron chi connectivity index (χ1n) is 3.00. The van der Waals surface area contributed by atoms with E-state index < -0.39 is 5.91 Å². The molecule has 1 aromatic heterocycles. The second-order valence-electron chi connectivity index (χ2n) is 2.02. The van der Waals surface area contributed by atoms with Crippen LogP contribution in [0.4, 0.5) is 5.69 Å². The molecule has 0 fully saturated rings. The third-order valence-corrected chi connectivity index (χ3v) is 1.45. The van der Waals surface area contributed by atoms with E-state index in [9.17, 15) is 9.70 Å². The molecule has 0 aliphatic carbocycles. The van der Waals surface area contributed by atoms with Crippen molar-refractivity contribution in [3.63, 3.8) is 0 Å². The Bertz CT molecular complexity index is 342. The number of H-pyrrole nitrogens is 1. The molecular weight excluding hydrogens is 198 g/mol. The Morgan fingerprint density at radius 1 is 1.54 bits per heavy atom. The van der Waals surface area contributed by atoms with Gasteiger partial charge in [0.05, 0.1) is 0 Å². The van der Waals surface area contributed by atoms with Gasteiger partial charge in [-0.2, -0.15) is 4.98 Å². The molecule has 7 heteroatoms. The van der Waals surface area contributed by atoms with Crippen molar-refractivity contribution in [1.82, 2.24) is 0 Å². The van der Waals surface area contributed by atoms with E-state index in [1.165, 1.54) is 12.1 Å². The molecule has 0 unspecified atom stereocenters. The fraction of sp³-hybridized carbons (Fsp3) is 0. The van der Waals surface area contributed by atoms with Gasteiger partial charge in [0.15, 0.2) is 5.69 Å². The molecule has 0 saturated heterocycles. The van der Waals surface area contributed by atoms with E-state index >= 15 is 0 Å². The average molecular weight is 204 g/mol. The number of nitroso groups, excluding NO2 is 1. The second-order valence-corrected chi connectivity index (χ2v) is 2.43. The van der Waals surface area contributed by atoms with Crippen molar-refractivity contribution in [2.45, 2.75) is 0 Å². The number of aromatic amines is 1. The van der Waals surface area contributed by atoms with Crippen molar-refractivity contribution in [2.24, 2.45) is 10.9 Å². The molecular formula is C6H6ClN3O3. The Hall–Kier alpha value is -1.53. The molecule has 0 aliphatic heterocycles. The largest absolute Gasteiger partial charge is 0.870 e. The number of hydrogen-bond donors (Lipinski definition) is 1. The highest BCUT2D eigenvalue weighted by molar-refractivity contribution is 6.28. The molecule has 6 nitrogen and oxygen atoms in total. The van der Waals surface area contributed by atoms with Gasteiger partial charge in [0.25, 0.3) is 10.8 Å². The number of aromatic nitrogens is 1. The third kappa shape index (κ3) is 2.46. The number of nitrogens with one attached hydrogen (secondary N) is 1. The molecule has 0 bridgehead atoms. The average Bonchev–Trinajstić information content (AvgIpc) is 2.04. The van der Waals surface area contributed by atoms with Crippen LogP contribution < -0.4 is 10.7 Å². The summed E-state index contributed by atoms with van der Waals surface area (Å²) in [6.07, 6.45) is 0. The van der Waals surface area contributed by atoms with E-state index in [0.29, 0.717) is 0 Å². The molecule has 1 aromatic rings. The molecule has 70 valence electrons. The van der Waals surface area contributed by atoms with Crippen molar-refractivity contribution in [3.05, 3.63) is 27.9 Å². The molecule has 1 heterocycles. The minimum absolute atomic E-state index is 0. The highest BCUT2D eigenvalue weighted by Gasteiger charge is 2.17. The van der Waals surface area contributed by atoms with Crippen molar-refractivity contribution < 1.29 is 15.3 Å². The highest BCUT2D eigenvalue weighted by Crippen LogP contribution is 2.15. The highest BCUT2D eigenvalue weighted by atomic mass is 35.5. The predicted molar refractivity (Wildman–Crippen MR) is 43.9 cm³/mol. The van der Waals surface area contributed by atoms with Crippen LogP contribution in [-0.2, 0) is 0 Å². The number of carbonyl (C=O) groups is 1. The van der Waals surface area contributed by atoms with Gasteiger partial charge in [0.1, 0.15) is 0 Å². The Balaban J connectivity index is 0.00000144. The first-order chi connectivity index (χ1) is 5.65. The lowest BCUT2D eigenvalue weighted by Gasteiger charge is -1.90. The monoisotopic (exact) mass is 203 g/mol.